The van der Waals surface area contributed by atoms with E-state index in [1.54, 1.807) is 13.0 Å². The highest BCUT2D eigenvalue weighted by molar-refractivity contribution is 6.33. The van der Waals surface area contributed by atoms with E-state index < -0.39 is 0 Å². The van der Waals surface area contributed by atoms with Gasteiger partial charge in [0, 0.05) is 29.1 Å². The Morgan fingerprint density at radius 1 is 1.13 bits per heavy atom. The summed E-state index contributed by atoms with van der Waals surface area (Å²) in [5, 5.41) is 12.1. The quantitative estimate of drug-likeness (QED) is 0.535. The molecule has 1 aromatic heterocycles. The summed E-state index contributed by atoms with van der Waals surface area (Å²) >= 11 is 6.04. The van der Waals surface area contributed by atoms with Crippen LogP contribution in [-0.2, 0) is 0 Å². The largest absolute Gasteiger partial charge is 0.618 e. The summed E-state index contributed by atoms with van der Waals surface area (Å²) in [5.41, 5.74) is 2.38. The van der Waals surface area contributed by atoms with Crippen molar-refractivity contribution in [2.75, 3.05) is 0 Å². The zero-order valence-electron chi connectivity index (χ0n) is 8.27. The maximum atomic E-state index is 11.4. The van der Waals surface area contributed by atoms with Gasteiger partial charge in [-0.15, -0.1) is 0 Å². The van der Waals surface area contributed by atoms with Crippen LogP contribution in [0.25, 0.3) is 11.1 Å². The van der Waals surface area contributed by atoms with Gasteiger partial charge < -0.3 is 5.21 Å². The monoisotopic (exact) mass is 219 g/mol. The molecule has 0 bridgehead atoms. The molecule has 0 radical (unpaired) electrons. The van der Waals surface area contributed by atoms with Crippen molar-refractivity contribution < 1.29 is 4.73 Å². The molecule has 0 saturated heterocycles. The second kappa shape index (κ2) is 3.91. The summed E-state index contributed by atoms with van der Waals surface area (Å²) in [6, 6.07) is 11.1. The molecule has 2 aromatic rings. The lowest BCUT2D eigenvalue weighted by molar-refractivity contribution is -0.611. The van der Waals surface area contributed by atoms with Crippen molar-refractivity contribution in [1.29, 1.82) is 0 Å². The third-order valence-electron chi connectivity index (χ3n) is 2.29. The first-order valence-electron chi connectivity index (χ1n) is 4.63. The first-order valence-corrected chi connectivity index (χ1v) is 5.01. The van der Waals surface area contributed by atoms with E-state index in [1.165, 1.54) is 6.20 Å². The van der Waals surface area contributed by atoms with Crippen LogP contribution < -0.4 is 4.73 Å². The van der Waals surface area contributed by atoms with Crippen LogP contribution in [-0.4, -0.2) is 0 Å². The number of nitrogens with zero attached hydrogens (tertiary/aromatic N) is 1. The predicted octanol–water partition coefficient (Wildman–Crippen LogP) is 2.95. The smallest absolute Gasteiger partial charge is 0.189 e. The fraction of sp³-hybridized carbons (Fsp3) is 0.0833. The Kier molecular flexibility index (Phi) is 2.60. The molecular weight excluding hydrogens is 210 g/mol. The van der Waals surface area contributed by atoms with E-state index in [1.807, 2.05) is 30.3 Å². The zero-order valence-corrected chi connectivity index (χ0v) is 9.03. The van der Waals surface area contributed by atoms with E-state index in [4.69, 9.17) is 11.6 Å². The second-order valence-electron chi connectivity index (χ2n) is 3.36. The highest BCUT2D eigenvalue weighted by Gasteiger charge is 2.06. The Morgan fingerprint density at radius 2 is 1.87 bits per heavy atom. The van der Waals surface area contributed by atoms with Gasteiger partial charge in [0.25, 0.3) is 0 Å². The molecule has 0 amide bonds. The standard InChI is InChI=1S/C12H10ClNO/c1-9-6-7-10(8-14(9)15)11-4-2-3-5-12(11)13/h2-8H,1H3. The van der Waals surface area contributed by atoms with Crippen molar-refractivity contribution in [1.82, 2.24) is 0 Å². The molecule has 0 aliphatic heterocycles. The van der Waals surface area contributed by atoms with Crippen LogP contribution in [0, 0.1) is 12.1 Å². The lowest BCUT2D eigenvalue weighted by Crippen LogP contribution is -2.29. The van der Waals surface area contributed by atoms with Gasteiger partial charge in [-0.1, -0.05) is 29.8 Å². The summed E-state index contributed by atoms with van der Waals surface area (Å²) in [6.07, 6.45) is 1.54. The van der Waals surface area contributed by atoms with Gasteiger partial charge in [0.05, 0.1) is 0 Å². The van der Waals surface area contributed by atoms with Crippen molar-refractivity contribution in [3.05, 3.63) is 58.5 Å². The average molecular weight is 220 g/mol. The van der Waals surface area contributed by atoms with Crippen molar-refractivity contribution in [2.45, 2.75) is 6.92 Å². The van der Waals surface area contributed by atoms with Gasteiger partial charge in [0.1, 0.15) is 0 Å². The van der Waals surface area contributed by atoms with Crippen LogP contribution >= 0.6 is 11.6 Å². The highest BCUT2D eigenvalue weighted by atomic mass is 35.5. The van der Waals surface area contributed by atoms with Gasteiger partial charge in [0.15, 0.2) is 11.9 Å². The van der Waals surface area contributed by atoms with Gasteiger partial charge in [-0.3, -0.25) is 0 Å². The Bertz CT molecular complexity index is 497. The third-order valence-corrected chi connectivity index (χ3v) is 2.62. The van der Waals surface area contributed by atoms with Crippen LogP contribution in [0.5, 0.6) is 0 Å². The molecule has 1 aromatic carbocycles. The molecule has 0 aliphatic rings. The van der Waals surface area contributed by atoms with Gasteiger partial charge in [0.2, 0.25) is 0 Å². The van der Waals surface area contributed by atoms with E-state index >= 15 is 0 Å². The van der Waals surface area contributed by atoms with E-state index in [-0.39, 0.29) is 0 Å². The van der Waals surface area contributed by atoms with Gasteiger partial charge in [-0.2, -0.15) is 4.73 Å². The van der Waals surface area contributed by atoms with Crippen molar-refractivity contribution in [3.8, 4) is 11.1 Å². The lowest BCUT2D eigenvalue weighted by Gasteiger charge is -2.05. The Balaban J connectivity index is 2.55. The van der Waals surface area contributed by atoms with Gasteiger partial charge >= 0.3 is 0 Å². The molecule has 2 rings (SSSR count). The second-order valence-corrected chi connectivity index (χ2v) is 3.77. The predicted molar refractivity (Wildman–Crippen MR) is 60.6 cm³/mol. The highest BCUT2D eigenvalue weighted by Crippen LogP contribution is 2.26. The summed E-state index contributed by atoms with van der Waals surface area (Å²) in [6.45, 7) is 1.77. The number of rotatable bonds is 1. The molecule has 3 heteroatoms. The zero-order chi connectivity index (χ0) is 10.8. The van der Waals surface area contributed by atoms with E-state index in [9.17, 15) is 5.21 Å². The maximum Gasteiger partial charge on any atom is 0.189 e. The minimum atomic E-state index is 0.654. The summed E-state index contributed by atoms with van der Waals surface area (Å²) in [7, 11) is 0. The van der Waals surface area contributed by atoms with Crippen molar-refractivity contribution >= 4 is 11.6 Å². The fourth-order valence-corrected chi connectivity index (χ4v) is 1.65. The molecule has 0 fully saturated rings. The third kappa shape index (κ3) is 1.95. The Hall–Kier alpha value is -1.54. The molecule has 76 valence electrons. The minimum absolute atomic E-state index is 0.654. The molecule has 0 spiro atoms. The van der Waals surface area contributed by atoms with Gasteiger partial charge in [-0.25, -0.2) is 0 Å². The van der Waals surface area contributed by atoms with Crippen LogP contribution in [0.3, 0.4) is 0 Å². The Labute approximate surface area is 93.3 Å². The van der Waals surface area contributed by atoms with Crippen LogP contribution in [0.2, 0.25) is 5.02 Å². The molecule has 15 heavy (non-hydrogen) atoms. The molecule has 0 aliphatic carbocycles. The normalized spacial score (nSPS) is 10.3. The molecule has 0 atom stereocenters. The number of benzene rings is 1. The number of aryl methyl sites for hydroxylation is 1. The Morgan fingerprint density at radius 3 is 2.53 bits per heavy atom. The van der Waals surface area contributed by atoms with E-state index in [0.29, 0.717) is 10.7 Å². The molecule has 0 unspecified atom stereocenters. The SMILES string of the molecule is Cc1ccc(-c2ccccc2Cl)c[n+]1[O-]. The molecule has 2 nitrogen and oxygen atoms in total. The number of hydrogen-bond acceptors (Lipinski definition) is 1. The number of hydrogen-bond donors (Lipinski definition) is 0. The van der Waals surface area contributed by atoms with Crippen molar-refractivity contribution in [3.63, 3.8) is 0 Å². The average Bonchev–Trinajstić information content (AvgIpc) is 2.23. The van der Waals surface area contributed by atoms with Gasteiger partial charge in [-0.05, 0) is 12.1 Å². The number of halogens is 1. The number of aromatic nitrogens is 1. The van der Waals surface area contributed by atoms with Crippen LogP contribution in [0.4, 0.5) is 0 Å². The topological polar surface area (TPSA) is 26.9 Å². The van der Waals surface area contributed by atoms with Crippen LogP contribution in [0.1, 0.15) is 5.69 Å². The fourth-order valence-electron chi connectivity index (χ4n) is 1.41. The first kappa shape index (κ1) is 9.99. The minimum Gasteiger partial charge on any atom is -0.618 e. The lowest BCUT2D eigenvalue weighted by atomic mass is 10.1. The van der Waals surface area contributed by atoms with E-state index in [0.717, 1.165) is 15.9 Å². The molecule has 0 saturated carbocycles. The summed E-state index contributed by atoms with van der Waals surface area (Å²) < 4.78 is 0.846. The first-order chi connectivity index (χ1) is 7.18. The molecular formula is C12H10ClNO. The maximum absolute atomic E-state index is 11.4. The van der Waals surface area contributed by atoms with E-state index in [2.05, 4.69) is 0 Å². The summed E-state index contributed by atoms with van der Waals surface area (Å²) in [4.78, 5) is 0. The van der Waals surface area contributed by atoms with Crippen molar-refractivity contribution in [2.24, 2.45) is 0 Å². The number of pyridine rings is 1. The molecule has 1 heterocycles. The van der Waals surface area contributed by atoms with Crippen LogP contribution in [0.15, 0.2) is 42.6 Å². The summed E-state index contributed by atoms with van der Waals surface area (Å²) in [5.74, 6) is 0. The molecule has 0 N–H and O–H groups in total.